The first-order valence-electron chi connectivity index (χ1n) is 8.18. The van der Waals surface area contributed by atoms with Gasteiger partial charge in [0.05, 0.1) is 10.9 Å². The van der Waals surface area contributed by atoms with E-state index >= 15 is 0 Å². The summed E-state index contributed by atoms with van der Waals surface area (Å²) < 4.78 is 0. The molecule has 2 heterocycles. The Kier molecular flexibility index (Phi) is 6.74. The first-order valence-corrected chi connectivity index (χ1v) is 9.06. The van der Waals surface area contributed by atoms with Crippen molar-refractivity contribution in [3.8, 4) is 0 Å². The van der Waals surface area contributed by atoms with Crippen LogP contribution in [-0.2, 0) is 4.79 Å². The number of amides is 4. The van der Waals surface area contributed by atoms with Crippen LogP contribution >= 0.6 is 11.3 Å². The van der Waals surface area contributed by atoms with E-state index in [-0.39, 0.29) is 23.9 Å². The fraction of sp³-hybridized carbons (Fsp3) is 0.562. The zero-order valence-electron chi connectivity index (χ0n) is 14.0. The van der Waals surface area contributed by atoms with E-state index in [9.17, 15) is 14.4 Å². The van der Waals surface area contributed by atoms with Crippen molar-refractivity contribution < 1.29 is 14.4 Å². The third-order valence-electron chi connectivity index (χ3n) is 4.11. The second-order valence-corrected chi connectivity index (χ2v) is 6.73. The highest BCUT2D eigenvalue weighted by Gasteiger charge is 2.28. The number of piperidine rings is 1. The number of nitrogens with zero attached hydrogens (tertiary/aromatic N) is 1. The number of rotatable bonds is 5. The molecule has 1 aromatic rings. The van der Waals surface area contributed by atoms with Gasteiger partial charge in [0.25, 0.3) is 5.91 Å². The van der Waals surface area contributed by atoms with Crippen LogP contribution in [0.4, 0.5) is 4.79 Å². The average molecular weight is 352 g/mol. The van der Waals surface area contributed by atoms with E-state index in [1.165, 1.54) is 11.3 Å². The molecule has 7 nitrogen and oxygen atoms in total. The summed E-state index contributed by atoms with van der Waals surface area (Å²) in [5, 5.41) is 9.80. The number of likely N-dealkylation sites (tertiary alicyclic amines) is 1. The summed E-state index contributed by atoms with van der Waals surface area (Å²) in [6, 6.07) is 2.95. The number of hydrogen-bond acceptors (Lipinski definition) is 5. The molecule has 8 heteroatoms. The molecule has 1 atom stereocenters. The van der Waals surface area contributed by atoms with Crippen LogP contribution in [0.25, 0.3) is 0 Å². The van der Waals surface area contributed by atoms with Gasteiger partial charge in [-0.15, -0.1) is 11.3 Å². The Labute approximate surface area is 145 Å². The van der Waals surface area contributed by atoms with Crippen LogP contribution in [0.5, 0.6) is 0 Å². The molecule has 3 N–H and O–H groups in total. The van der Waals surface area contributed by atoms with Gasteiger partial charge < -0.3 is 10.6 Å². The molecular weight excluding hydrogens is 328 g/mol. The number of urea groups is 1. The number of hydrogen-bond donors (Lipinski definition) is 3. The molecule has 1 fully saturated rings. The maximum Gasteiger partial charge on any atom is 0.321 e. The van der Waals surface area contributed by atoms with Crippen LogP contribution in [0.2, 0.25) is 0 Å². The van der Waals surface area contributed by atoms with E-state index < -0.39 is 6.03 Å². The molecule has 0 aliphatic carbocycles. The largest absolute Gasteiger partial charge is 0.349 e. The quantitative estimate of drug-likeness (QED) is 0.742. The third kappa shape index (κ3) is 5.04. The minimum Gasteiger partial charge on any atom is -0.349 e. The molecule has 1 aliphatic rings. The summed E-state index contributed by atoms with van der Waals surface area (Å²) in [6.07, 6.45) is 1.58. The summed E-state index contributed by atoms with van der Waals surface area (Å²) in [5.74, 6) is -0.340. The molecule has 1 aromatic heterocycles. The maximum atomic E-state index is 12.1. The Balaban J connectivity index is 1.76. The van der Waals surface area contributed by atoms with Crippen LogP contribution in [0, 0.1) is 0 Å². The predicted molar refractivity (Wildman–Crippen MR) is 93.1 cm³/mol. The lowest BCUT2D eigenvalue weighted by Gasteiger charge is -2.35. The van der Waals surface area contributed by atoms with Crippen LogP contribution in [0.3, 0.4) is 0 Å². The molecule has 1 aliphatic heterocycles. The molecule has 0 unspecified atom stereocenters. The molecule has 0 aromatic carbocycles. The van der Waals surface area contributed by atoms with E-state index in [0.29, 0.717) is 24.5 Å². The van der Waals surface area contributed by atoms with Crippen LogP contribution < -0.4 is 16.0 Å². The van der Waals surface area contributed by atoms with Gasteiger partial charge >= 0.3 is 6.03 Å². The first kappa shape index (κ1) is 18.4. The van der Waals surface area contributed by atoms with E-state index in [1.807, 2.05) is 22.4 Å². The van der Waals surface area contributed by atoms with Crippen molar-refractivity contribution in [3.05, 3.63) is 22.4 Å². The third-order valence-corrected chi connectivity index (χ3v) is 4.98. The van der Waals surface area contributed by atoms with Crippen molar-refractivity contribution in [2.75, 3.05) is 19.6 Å². The number of thiophene rings is 1. The Bertz CT molecular complexity index is 568. The highest BCUT2D eigenvalue weighted by molar-refractivity contribution is 7.12. The number of imide groups is 1. The maximum absolute atomic E-state index is 12.1. The Morgan fingerprint density at radius 3 is 2.62 bits per heavy atom. The van der Waals surface area contributed by atoms with E-state index in [2.05, 4.69) is 16.0 Å². The minimum atomic E-state index is -0.465. The van der Waals surface area contributed by atoms with Crippen LogP contribution in [-0.4, -0.2) is 54.5 Å². The molecule has 0 spiro atoms. The Morgan fingerprint density at radius 2 is 2.04 bits per heavy atom. The molecular formula is C16H24N4O3S. The van der Waals surface area contributed by atoms with E-state index in [0.717, 1.165) is 12.8 Å². The zero-order chi connectivity index (χ0) is 17.5. The second kappa shape index (κ2) is 8.79. The van der Waals surface area contributed by atoms with Gasteiger partial charge in [0, 0.05) is 25.7 Å². The van der Waals surface area contributed by atoms with Crippen LogP contribution in [0.1, 0.15) is 36.4 Å². The first-order chi connectivity index (χ1) is 11.5. The summed E-state index contributed by atoms with van der Waals surface area (Å²) in [6.45, 7) is 5.48. The normalized spacial score (nSPS) is 17.1. The van der Waals surface area contributed by atoms with Gasteiger partial charge in [-0.3, -0.25) is 19.8 Å². The standard InChI is InChI=1S/C16H24N4O3S/c1-3-17-16(23)19-14(21)11(2)20-8-6-12(7-9-20)18-15(22)13-5-4-10-24-13/h4-5,10-12H,3,6-9H2,1-2H3,(H,18,22)(H2,17,19,21,23)/t11-/m0/s1. The highest BCUT2D eigenvalue weighted by Crippen LogP contribution is 2.15. The monoisotopic (exact) mass is 352 g/mol. The number of carbonyl (C=O) groups is 3. The molecule has 24 heavy (non-hydrogen) atoms. The fourth-order valence-corrected chi connectivity index (χ4v) is 3.31. The number of nitrogens with one attached hydrogen (secondary N) is 3. The van der Waals surface area contributed by atoms with Crippen LogP contribution in [0.15, 0.2) is 17.5 Å². The van der Waals surface area contributed by atoms with Gasteiger partial charge in [-0.2, -0.15) is 0 Å². The molecule has 1 saturated heterocycles. The van der Waals surface area contributed by atoms with Crippen molar-refractivity contribution in [1.29, 1.82) is 0 Å². The highest BCUT2D eigenvalue weighted by atomic mass is 32.1. The molecule has 132 valence electrons. The molecule has 0 bridgehead atoms. The number of carbonyl (C=O) groups excluding carboxylic acids is 3. The Morgan fingerprint density at radius 1 is 1.33 bits per heavy atom. The van der Waals surface area contributed by atoms with Gasteiger partial charge in [-0.25, -0.2) is 4.79 Å². The van der Waals surface area contributed by atoms with Gasteiger partial charge in [0.2, 0.25) is 5.91 Å². The fourth-order valence-electron chi connectivity index (χ4n) is 2.68. The van der Waals surface area contributed by atoms with E-state index in [4.69, 9.17) is 0 Å². The Hall–Kier alpha value is -1.93. The van der Waals surface area contributed by atoms with Gasteiger partial charge in [0.15, 0.2) is 0 Å². The van der Waals surface area contributed by atoms with Crippen molar-refractivity contribution in [3.63, 3.8) is 0 Å². The zero-order valence-corrected chi connectivity index (χ0v) is 14.8. The average Bonchev–Trinajstić information content (AvgIpc) is 3.09. The van der Waals surface area contributed by atoms with Crippen molar-refractivity contribution in [2.45, 2.75) is 38.8 Å². The van der Waals surface area contributed by atoms with Crippen molar-refractivity contribution in [2.24, 2.45) is 0 Å². The summed E-state index contributed by atoms with van der Waals surface area (Å²) in [4.78, 5) is 38.3. The smallest absolute Gasteiger partial charge is 0.321 e. The van der Waals surface area contributed by atoms with Gasteiger partial charge in [-0.1, -0.05) is 6.07 Å². The molecule has 0 saturated carbocycles. The van der Waals surface area contributed by atoms with Gasteiger partial charge in [-0.05, 0) is 38.1 Å². The minimum absolute atomic E-state index is 0.0366. The van der Waals surface area contributed by atoms with E-state index in [1.54, 1.807) is 13.8 Å². The van der Waals surface area contributed by atoms with Gasteiger partial charge in [0.1, 0.15) is 0 Å². The lowest BCUT2D eigenvalue weighted by Crippen LogP contribution is -2.53. The summed E-state index contributed by atoms with van der Waals surface area (Å²) >= 11 is 1.43. The topological polar surface area (TPSA) is 90.5 Å². The molecule has 2 rings (SSSR count). The lowest BCUT2D eigenvalue weighted by atomic mass is 10.0. The van der Waals surface area contributed by atoms with Crippen molar-refractivity contribution >= 4 is 29.2 Å². The second-order valence-electron chi connectivity index (χ2n) is 5.79. The lowest BCUT2D eigenvalue weighted by molar-refractivity contribution is -0.125. The SMILES string of the molecule is CCNC(=O)NC(=O)[C@H](C)N1CCC(NC(=O)c2cccs2)CC1. The molecule has 0 radical (unpaired) electrons. The van der Waals surface area contributed by atoms with Crippen molar-refractivity contribution in [1.82, 2.24) is 20.9 Å². The molecule has 4 amide bonds. The summed E-state index contributed by atoms with van der Waals surface area (Å²) in [7, 11) is 0. The predicted octanol–water partition coefficient (Wildman–Crippen LogP) is 1.18. The summed E-state index contributed by atoms with van der Waals surface area (Å²) in [5.41, 5.74) is 0.